The fourth-order valence-electron chi connectivity index (χ4n) is 3.70. The molecule has 1 aliphatic rings. The zero-order valence-corrected chi connectivity index (χ0v) is 16.3. The van der Waals surface area contributed by atoms with Crippen molar-refractivity contribution in [2.45, 2.75) is 13.8 Å². The van der Waals surface area contributed by atoms with Gasteiger partial charge in [0.1, 0.15) is 5.82 Å². The summed E-state index contributed by atoms with van der Waals surface area (Å²) in [6.45, 7) is 6.13. The maximum Gasteiger partial charge on any atom is 0.360 e. The Morgan fingerprint density at radius 2 is 1.59 bits per heavy atom. The van der Waals surface area contributed by atoms with Gasteiger partial charge in [-0.15, -0.1) is 15.0 Å². The van der Waals surface area contributed by atoms with Crippen molar-refractivity contribution < 1.29 is 14.3 Å². The van der Waals surface area contributed by atoms with E-state index in [4.69, 9.17) is 0 Å². The number of rotatable bonds is 4. The maximum absolute atomic E-state index is 14.1. The van der Waals surface area contributed by atoms with Crippen LogP contribution >= 0.6 is 0 Å². The first-order valence-corrected chi connectivity index (χ1v) is 9.46. The van der Waals surface area contributed by atoms with Crippen LogP contribution in [0.15, 0.2) is 42.5 Å². The Balaban J connectivity index is 1.59. The van der Waals surface area contributed by atoms with Gasteiger partial charge >= 0.3 is 5.97 Å². The lowest BCUT2D eigenvalue weighted by Crippen LogP contribution is -2.47. The van der Waals surface area contributed by atoms with Gasteiger partial charge in [0.15, 0.2) is 5.82 Å². The average Bonchev–Trinajstić information content (AvgIpc) is 3.14. The first-order chi connectivity index (χ1) is 13.9. The number of nitrogens with zero attached hydrogens (tertiary/aromatic N) is 5. The molecule has 0 bridgehead atoms. The average molecular weight is 395 g/mol. The number of carboxylic acid groups (broad SMARTS) is 1. The number of aromatic nitrogens is 3. The van der Waals surface area contributed by atoms with E-state index in [-0.39, 0.29) is 11.5 Å². The third-order valence-electron chi connectivity index (χ3n) is 5.01. The molecule has 7 nitrogen and oxygen atoms in total. The van der Waals surface area contributed by atoms with Gasteiger partial charge in [0.05, 0.1) is 11.4 Å². The van der Waals surface area contributed by atoms with Gasteiger partial charge in [-0.1, -0.05) is 18.2 Å². The number of halogens is 1. The molecule has 0 unspecified atom stereocenters. The second-order valence-corrected chi connectivity index (χ2v) is 7.24. The van der Waals surface area contributed by atoms with Crippen LogP contribution in [0.2, 0.25) is 0 Å². The molecule has 0 saturated carbocycles. The Hall–Kier alpha value is -3.42. The number of benzene rings is 2. The highest BCUT2D eigenvalue weighted by Gasteiger charge is 2.27. The molecule has 1 saturated heterocycles. The number of carbonyl (C=O) groups is 1. The molecular formula is C21H22FN5O2. The van der Waals surface area contributed by atoms with Crippen molar-refractivity contribution in [3.05, 3.63) is 65.1 Å². The number of aromatic carboxylic acids is 1. The molecule has 150 valence electrons. The molecule has 0 radical (unpaired) electrons. The highest BCUT2D eigenvalue weighted by atomic mass is 19.1. The number of para-hydroxylation sites is 1. The van der Waals surface area contributed by atoms with Crippen molar-refractivity contribution in [2.75, 3.05) is 36.0 Å². The summed E-state index contributed by atoms with van der Waals surface area (Å²) in [7, 11) is 0. The van der Waals surface area contributed by atoms with Crippen LogP contribution in [0.25, 0.3) is 5.69 Å². The molecule has 1 fully saturated rings. The number of hydrogen-bond donors (Lipinski definition) is 1. The topological polar surface area (TPSA) is 74.5 Å². The normalized spacial score (nSPS) is 14.3. The Morgan fingerprint density at radius 1 is 0.966 bits per heavy atom. The van der Waals surface area contributed by atoms with Crippen LogP contribution in [-0.4, -0.2) is 52.2 Å². The van der Waals surface area contributed by atoms with Gasteiger partial charge in [-0.25, -0.2) is 9.18 Å². The summed E-state index contributed by atoms with van der Waals surface area (Å²) < 4.78 is 14.1. The van der Waals surface area contributed by atoms with E-state index >= 15 is 0 Å². The summed E-state index contributed by atoms with van der Waals surface area (Å²) in [4.78, 5) is 17.0. The lowest BCUT2D eigenvalue weighted by Gasteiger charge is -2.36. The van der Waals surface area contributed by atoms with Crippen LogP contribution in [0.1, 0.15) is 21.6 Å². The molecule has 3 aromatic rings. The number of aryl methyl sites for hydroxylation is 2. The van der Waals surface area contributed by atoms with E-state index in [1.54, 1.807) is 12.1 Å². The third kappa shape index (κ3) is 3.78. The third-order valence-corrected chi connectivity index (χ3v) is 5.01. The van der Waals surface area contributed by atoms with E-state index < -0.39 is 5.97 Å². The van der Waals surface area contributed by atoms with Crippen LogP contribution in [0.5, 0.6) is 0 Å². The number of carboxylic acids is 1. The Bertz CT molecular complexity index is 1040. The fourth-order valence-corrected chi connectivity index (χ4v) is 3.70. The SMILES string of the molecule is Cc1cc(C)cc(-n2nc(C(=O)O)c(N3CCN(c4ccccc4F)CC3)n2)c1. The van der Waals surface area contributed by atoms with Crippen molar-refractivity contribution in [2.24, 2.45) is 0 Å². The molecular weight excluding hydrogens is 373 g/mol. The maximum atomic E-state index is 14.1. The van der Waals surface area contributed by atoms with E-state index in [1.165, 1.54) is 10.9 Å². The van der Waals surface area contributed by atoms with E-state index in [2.05, 4.69) is 10.2 Å². The Labute approximate surface area is 168 Å². The standard InChI is InChI=1S/C21H22FN5O2/c1-14-11-15(2)13-16(12-14)27-23-19(21(28)29)20(24-27)26-9-7-25(8-10-26)18-6-4-3-5-17(18)22/h3-6,11-13H,7-10H2,1-2H3,(H,28,29). The van der Waals surface area contributed by atoms with Gasteiger partial charge in [0, 0.05) is 26.2 Å². The van der Waals surface area contributed by atoms with Gasteiger partial charge < -0.3 is 14.9 Å². The van der Waals surface area contributed by atoms with Crippen LogP contribution < -0.4 is 9.80 Å². The summed E-state index contributed by atoms with van der Waals surface area (Å²) >= 11 is 0. The van der Waals surface area contributed by atoms with Crippen LogP contribution in [0.3, 0.4) is 0 Å². The van der Waals surface area contributed by atoms with Gasteiger partial charge in [-0.3, -0.25) is 0 Å². The van der Waals surface area contributed by atoms with Crippen molar-refractivity contribution in [1.82, 2.24) is 15.0 Å². The molecule has 1 aromatic heterocycles. The molecule has 0 aliphatic carbocycles. The second-order valence-electron chi connectivity index (χ2n) is 7.24. The van der Waals surface area contributed by atoms with Gasteiger partial charge in [-0.05, 0) is 49.2 Å². The molecule has 0 spiro atoms. The zero-order chi connectivity index (χ0) is 20.5. The number of hydrogen-bond acceptors (Lipinski definition) is 5. The highest BCUT2D eigenvalue weighted by Crippen LogP contribution is 2.24. The Morgan fingerprint density at radius 3 is 2.21 bits per heavy atom. The van der Waals surface area contributed by atoms with Crippen molar-refractivity contribution in [1.29, 1.82) is 0 Å². The highest BCUT2D eigenvalue weighted by molar-refractivity contribution is 5.91. The Kier molecular flexibility index (Phi) is 4.92. The number of piperazine rings is 1. The largest absolute Gasteiger partial charge is 0.476 e. The first kappa shape index (κ1) is 18.9. The minimum Gasteiger partial charge on any atom is -0.476 e. The van der Waals surface area contributed by atoms with Crippen molar-refractivity contribution in [3.8, 4) is 5.69 Å². The van der Waals surface area contributed by atoms with Crippen LogP contribution in [0, 0.1) is 19.7 Å². The number of anilines is 2. The van der Waals surface area contributed by atoms with Crippen molar-refractivity contribution in [3.63, 3.8) is 0 Å². The van der Waals surface area contributed by atoms with E-state index in [0.717, 1.165) is 16.8 Å². The van der Waals surface area contributed by atoms with Gasteiger partial charge in [0.25, 0.3) is 0 Å². The predicted molar refractivity (Wildman–Crippen MR) is 109 cm³/mol. The summed E-state index contributed by atoms with van der Waals surface area (Å²) in [6, 6.07) is 12.5. The minimum absolute atomic E-state index is 0.0801. The summed E-state index contributed by atoms with van der Waals surface area (Å²) in [6.07, 6.45) is 0. The van der Waals surface area contributed by atoms with E-state index in [9.17, 15) is 14.3 Å². The molecule has 0 amide bonds. The predicted octanol–water partition coefficient (Wildman–Crippen LogP) is 3.05. The fraction of sp³-hybridized carbons (Fsp3) is 0.286. The summed E-state index contributed by atoms with van der Waals surface area (Å²) in [5, 5.41) is 18.3. The van der Waals surface area contributed by atoms with Crippen LogP contribution in [0.4, 0.5) is 15.9 Å². The monoisotopic (exact) mass is 395 g/mol. The van der Waals surface area contributed by atoms with Gasteiger partial charge in [-0.2, -0.15) is 0 Å². The molecule has 4 rings (SSSR count). The summed E-state index contributed by atoms with van der Waals surface area (Å²) in [5.74, 6) is -1.04. The molecule has 29 heavy (non-hydrogen) atoms. The van der Waals surface area contributed by atoms with E-state index in [1.807, 2.05) is 47.9 Å². The lowest BCUT2D eigenvalue weighted by atomic mass is 10.1. The minimum atomic E-state index is -1.12. The van der Waals surface area contributed by atoms with Crippen LogP contribution in [-0.2, 0) is 0 Å². The quantitative estimate of drug-likeness (QED) is 0.732. The second kappa shape index (κ2) is 7.54. The lowest BCUT2D eigenvalue weighted by molar-refractivity contribution is 0.0690. The van der Waals surface area contributed by atoms with E-state index in [0.29, 0.717) is 37.7 Å². The smallest absolute Gasteiger partial charge is 0.360 e. The van der Waals surface area contributed by atoms with Gasteiger partial charge in [0.2, 0.25) is 5.69 Å². The molecule has 2 aromatic carbocycles. The molecule has 8 heteroatoms. The molecule has 2 heterocycles. The first-order valence-electron chi connectivity index (χ1n) is 9.46. The van der Waals surface area contributed by atoms with Crippen molar-refractivity contribution >= 4 is 17.5 Å². The zero-order valence-electron chi connectivity index (χ0n) is 16.3. The summed E-state index contributed by atoms with van der Waals surface area (Å²) in [5.41, 5.74) is 3.30. The molecule has 0 atom stereocenters. The molecule has 1 N–H and O–H groups in total. The molecule has 1 aliphatic heterocycles.